The predicted molar refractivity (Wildman–Crippen MR) is 101 cm³/mol. The van der Waals surface area contributed by atoms with Crippen LogP contribution in [0.1, 0.15) is 41.6 Å². The molecule has 1 N–H and O–H groups in total. The van der Waals surface area contributed by atoms with Crippen LogP contribution in [0.2, 0.25) is 0 Å². The first-order valence-corrected chi connectivity index (χ1v) is 9.58. The summed E-state index contributed by atoms with van der Waals surface area (Å²) in [5, 5.41) is 7.56. The summed E-state index contributed by atoms with van der Waals surface area (Å²) >= 11 is 0. The minimum Gasteiger partial charge on any atom is -0.368 e. The normalized spacial score (nSPS) is 24.8. The number of carbonyl (C=O) groups is 1. The highest BCUT2D eigenvalue weighted by molar-refractivity contribution is 5.94. The number of anilines is 1. The number of amides is 1. The van der Waals surface area contributed by atoms with Crippen LogP contribution in [0.5, 0.6) is 0 Å². The number of ether oxygens (including phenoxy) is 1. The minimum atomic E-state index is -0.210. The van der Waals surface area contributed by atoms with Crippen LogP contribution in [0, 0.1) is 0 Å². The Hall–Kier alpha value is -2.67. The Morgan fingerprint density at radius 3 is 2.85 bits per heavy atom. The Bertz CT molecular complexity index is 884. The predicted octanol–water partition coefficient (Wildman–Crippen LogP) is 2.35. The third-order valence-electron chi connectivity index (χ3n) is 5.46. The fraction of sp³-hybridized carbons (Fsp3) is 0.450. The molecule has 0 bridgehead atoms. The van der Waals surface area contributed by atoms with Gasteiger partial charge in [-0.3, -0.25) is 4.79 Å². The van der Waals surface area contributed by atoms with Crippen molar-refractivity contribution in [2.75, 3.05) is 25.0 Å². The summed E-state index contributed by atoms with van der Waals surface area (Å²) in [4.78, 5) is 19.1. The monoisotopic (exact) mass is 365 g/mol. The molecular formula is C20H23N5O2. The van der Waals surface area contributed by atoms with Crippen LogP contribution in [0.3, 0.4) is 0 Å². The number of morpholine rings is 1. The molecule has 7 nitrogen and oxygen atoms in total. The summed E-state index contributed by atoms with van der Waals surface area (Å²) < 4.78 is 7.76. The fourth-order valence-electron chi connectivity index (χ4n) is 3.85. The molecule has 0 radical (unpaired) electrons. The van der Waals surface area contributed by atoms with E-state index in [4.69, 9.17) is 4.74 Å². The zero-order chi connectivity index (χ0) is 18.4. The molecular weight excluding hydrogens is 342 g/mol. The van der Waals surface area contributed by atoms with E-state index in [-0.39, 0.29) is 18.1 Å². The molecule has 2 aromatic rings. The summed E-state index contributed by atoms with van der Waals surface area (Å²) in [6.07, 6.45) is 5.95. The third-order valence-corrected chi connectivity index (χ3v) is 5.46. The first kappa shape index (κ1) is 16.5. The van der Waals surface area contributed by atoms with Gasteiger partial charge in [-0.2, -0.15) is 10.1 Å². The second-order valence-corrected chi connectivity index (χ2v) is 7.53. The smallest absolute Gasteiger partial charge is 0.254 e. The van der Waals surface area contributed by atoms with Crippen LogP contribution in [0.15, 0.2) is 36.7 Å². The highest BCUT2D eigenvalue weighted by Crippen LogP contribution is 2.40. The van der Waals surface area contributed by atoms with Gasteiger partial charge in [0, 0.05) is 18.2 Å². The molecule has 5 rings (SSSR count). The van der Waals surface area contributed by atoms with Crippen molar-refractivity contribution >= 4 is 17.6 Å². The van der Waals surface area contributed by atoms with Gasteiger partial charge in [0.05, 0.1) is 18.8 Å². The Balaban J connectivity index is 1.34. The molecule has 2 unspecified atom stereocenters. The first-order chi connectivity index (χ1) is 13.2. The maximum atomic E-state index is 13.0. The van der Waals surface area contributed by atoms with Crippen LogP contribution in [0.4, 0.5) is 5.95 Å². The minimum absolute atomic E-state index is 0.0621. The van der Waals surface area contributed by atoms with Crippen LogP contribution in [0.25, 0.3) is 5.70 Å². The molecule has 2 aliphatic heterocycles. The van der Waals surface area contributed by atoms with E-state index in [2.05, 4.69) is 40.5 Å². The lowest BCUT2D eigenvalue weighted by molar-refractivity contribution is 0.00206. The molecule has 27 heavy (non-hydrogen) atoms. The van der Waals surface area contributed by atoms with E-state index in [1.165, 1.54) is 24.7 Å². The average Bonchev–Trinajstić information content (AvgIpc) is 3.45. The van der Waals surface area contributed by atoms with Gasteiger partial charge < -0.3 is 15.0 Å². The van der Waals surface area contributed by atoms with E-state index in [9.17, 15) is 4.79 Å². The van der Waals surface area contributed by atoms with Crippen molar-refractivity contribution in [2.45, 2.75) is 37.8 Å². The Morgan fingerprint density at radius 1 is 1.26 bits per heavy atom. The van der Waals surface area contributed by atoms with Gasteiger partial charge in [-0.05, 0) is 49.5 Å². The highest BCUT2D eigenvalue weighted by Gasteiger charge is 2.32. The van der Waals surface area contributed by atoms with Gasteiger partial charge in [-0.25, -0.2) is 4.68 Å². The number of hydrogen-bond donors (Lipinski definition) is 1. The SMILES string of the molecule is CC1C=C(C2CN(C(=O)c3ccc(C4CC4)cc3)CCO2)n2ncnc2N1. The molecule has 2 fully saturated rings. The van der Waals surface area contributed by atoms with E-state index >= 15 is 0 Å². The van der Waals surface area contributed by atoms with Crippen molar-refractivity contribution in [2.24, 2.45) is 0 Å². The van der Waals surface area contributed by atoms with Gasteiger partial charge in [-0.15, -0.1) is 0 Å². The quantitative estimate of drug-likeness (QED) is 0.904. The van der Waals surface area contributed by atoms with Gasteiger partial charge in [0.15, 0.2) is 0 Å². The van der Waals surface area contributed by atoms with Crippen LogP contribution in [-0.2, 0) is 4.74 Å². The lowest BCUT2D eigenvalue weighted by Crippen LogP contribution is -2.47. The molecule has 3 heterocycles. The topological polar surface area (TPSA) is 72.3 Å². The molecule has 3 aliphatic rings. The summed E-state index contributed by atoms with van der Waals surface area (Å²) in [5.74, 6) is 1.47. The van der Waals surface area contributed by atoms with Crippen LogP contribution >= 0.6 is 0 Å². The molecule has 7 heteroatoms. The Labute approximate surface area is 158 Å². The molecule has 1 aromatic heterocycles. The van der Waals surface area contributed by atoms with Crippen molar-refractivity contribution in [3.63, 3.8) is 0 Å². The van der Waals surface area contributed by atoms with Gasteiger partial charge in [0.2, 0.25) is 5.95 Å². The summed E-state index contributed by atoms with van der Waals surface area (Å²) in [7, 11) is 0. The zero-order valence-corrected chi connectivity index (χ0v) is 15.3. The molecule has 1 saturated carbocycles. The second-order valence-electron chi connectivity index (χ2n) is 7.53. The van der Waals surface area contributed by atoms with Crippen molar-refractivity contribution in [3.05, 3.63) is 47.8 Å². The van der Waals surface area contributed by atoms with Crippen molar-refractivity contribution < 1.29 is 9.53 Å². The van der Waals surface area contributed by atoms with Crippen LogP contribution in [-0.4, -0.2) is 57.4 Å². The number of benzene rings is 1. The van der Waals surface area contributed by atoms with Crippen molar-refractivity contribution in [1.29, 1.82) is 0 Å². The Kier molecular flexibility index (Phi) is 3.97. The Morgan fingerprint density at radius 2 is 2.07 bits per heavy atom. The van der Waals surface area contributed by atoms with Gasteiger partial charge >= 0.3 is 0 Å². The summed E-state index contributed by atoms with van der Waals surface area (Å²) in [6.45, 7) is 3.69. The largest absolute Gasteiger partial charge is 0.368 e. The number of nitrogens with zero attached hydrogens (tertiary/aromatic N) is 4. The number of hydrogen-bond acceptors (Lipinski definition) is 5. The van der Waals surface area contributed by atoms with Crippen molar-refractivity contribution in [1.82, 2.24) is 19.7 Å². The third kappa shape index (κ3) is 3.12. The summed E-state index contributed by atoms with van der Waals surface area (Å²) in [5.41, 5.74) is 3.03. The van der Waals surface area contributed by atoms with Crippen LogP contribution < -0.4 is 5.32 Å². The van der Waals surface area contributed by atoms with Crippen molar-refractivity contribution in [3.8, 4) is 0 Å². The van der Waals surface area contributed by atoms with Gasteiger partial charge in [0.1, 0.15) is 12.4 Å². The number of rotatable bonds is 3. The molecule has 140 valence electrons. The van der Waals surface area contributed by atoms with E-state index in [0.717, 1.165) is 11.3 Å². The maximum Gasteiger partial charge on any atom is 0.254 e. The average molecular weight is 365 g/mol. The first-order valence-electron chi connectivity index (χ1n) is 9.58. The van der Waals surface area contributed by atoms with Gasteiger partial charge in [0.25, 0.3) is 5.91 Å². The lowest BCUT2D eigenvalue weighted by Gasteiger charge is -2.35. The molecule has 1 aliphatic carbocycles. The van der Waals surface area contributed by atoms with E-state index in [1.54, 1.807) is 4.68 Å². The van der Waals surface area contributed by atoms with Gasteiger partial charge in [-0.1, -0.05) is 12.1 Å². The molecule has 1 aromatic carbocycles. The molecule has 1 saturated heterocycles. The fourth-order valence-corrected chi connectivity index (χ4v) is 3.85. The maximum absolute atomic E-state index is 13.0. The molecule has 2 atom stereocenters. The zero-order valence-electron chi connectivity index (χ0n) is 15.3. The number of carbonyl (C=O) groups excluding carboxylic acids is 1. The van der Waals surface area contributed by atoms with E-state index in [1.807, 2.05) is 17.0 Å². The van der Waals surface area contributed by atoms with E-state index < -0.39 is 0 Å². The molecule has 0 spiro atoms. The second kappa shape index (κ2) is 6.49. The number of fused-ring (bicyclic) bond motifs is 1. The number of nitrogens with one attached hydrogen (secondary N) is 1. The lowest BCUT2D eigenvalue weighted by atomic mass is 10.1. The molecule has 1 amide bonds. The standard InChI is InChI=1S/C20H23N5O2/c1-13-10-17(25-20(23-13)21-12-22-25)18-11-24(8-9-27-18)19(26)16-6-4-15(5-7-16)14-2-3-14/h4-7,10,12-14,18H,2-3,8-9,11H2,1H3,(H,21,22,23). The number of aromatic nitrogens is 3. The summed E-state index contributed by atoms with van der Waals surface area (Å²) in [6, 6.07) is 8.26. The van der Waals surface area contributed by atoms with E-state index in [0.29, 0.717) is 31.6 Å². The highest BCUT2D eigenvalue weighted by atomic mass is 16.5.